The minimum absolute atomic E-state index is 0.168. The Hall–Kier alpha value is -2.67. The van der Waals surface area contributed by atoms with Crippen molar-refractivity contribution in [3.63, 3.8) is 0 Å². The number of carbonyl (C=O) groups is 2. The van der Waals surface area contributed by atoms with E-state index < -0.39 is 12.0 Å². The van der Waals surface area contributed by atoms with Gasteiger partial charge in [-0.15, -0.1) is 11.3 Å². The predicted molar refractivity (Wildman–Crippen MR) is 132 cm³/mol. The van der Waals surface area contributed by atoms with Gasteiger partial charge >= 0.3 is 5.97 Å². The van der Waals surface area contributed by atoms with Crippen LogP contribution in [0.2, 0.25) is 0 Å². The van der Waals surface area contributed by atoms with Crippen molar-refractivity contribution in [2.24, 2.45) is 11.8 Å². The number of fused-ring (bicyclic) bond motifs is 1. The van der Waals surface area contributed by atoms with Crippen LogP contribution in [0.1, 0.15) is 80.0 Å². The van der Waals surface area contributed by atoms with Crippen LogP contribution in [0.25, 0.3) is 11.0 Å². The molecule has 1 amide bonds. The molecule has 0 saturated heterocycles. The molecule has 1 aliphatic rings. The summed E-state index contributed by atoms with van der Waals surface area (Å²) in [6.07, 6.45) is 6.02. The number of carbonyl (C=O) groups excluding carboxylic acids is 1. The number of rotatable bonds is 8. The molecule has 0 aliphatic heterocycles. The van der Waals surface area contributed by atoms with Crippen LogP contribution in [0, 0.1) is 11.8 Å². The monoisotopic (exact) mass is 467 g/mol. The van der Waals surface area contributed by atoms with Gasteiger partial charge in [-0.1, -0.05) is 39.7 Å². The van der Waals surface area contributed by atoms with Gasteiger partial charge in [0.1, 0.15) is 11.9 Å². The van der Waals surface area contributed by atoms with Crippen molar-refractivity contribution in [1.29, 1.82) is 0 Å². The van der Waals surface area contributed by atoms with Crippen LogP contribution >= 0.6 is 11.3 Å². The van der Waals surface area contributed by atoms with E-state index in [9.17, 15) is 14.7 Å². The van der Waals surface area contributed by atoms with Crippen LogP contribution in [0.4, 0.5) is 0 Å². The molecule has 2 aromatic heterocycles. The van der Waals surface area contributed by atoms with Gasteiger partial charge in [0.2, 0.25) is 0 Å². The number of nitrogens with zero attached hydrogens (tertiary/aromatic N) is 2. The molecule has 33 heavy (non-hydrogen) atoms. The standard InChI is InChI=1S/C26H33N3O3S/c1-16(2)13-21(26(31)32)28-25(30)18-10-11-23-20(14-18)27-24(15-19-8-6-12-33-19)29(23)22-9-5-4-7-17(22)3/h6,8,10-12,14,16-17,21-22H,4-5,7,9,13,15H2,1-3H3,(H,28,30)(H,31,32)/t17?,21-,22?/m0/s1. The summed E-state index contributed by atoms with van der Waals surface area (Å²) in [4.78, 5) is 30.7. The summed E-state index contributed by atoms with van der Waals surface area (Å²) in [5.41, 5.74) is 2.29. The molecule has 0 bridgehead atoms. The lowest BCUT2D eigenvalue weighted by Crippen LogP contribution is -2.41. The van der Waals surface area contributed by atoms with Gasteiger partial charge in [0.05, 0.1) is 11.0 Å². The number of thiophene rings is 1. The van der Waals surface area contributed by atoms with Crippen LogP contribution in [-0.2, 0) is 11.2 Å². The Labute approximate surface area is 199 Å². The third-order valence-corrected chi connectivity index (χ3v) is 7.52. The van der Waals surface area contributed by atoms with E-state index in [0.717, 1.165) is 29.7 Å². The van der Waals surface area contributed by atoms with Crippen molar-refractivity contribution in [3.8, 4) is 0 Å². The zero-order valence-electron chi connectivity index (χ0n) is 19.6. The maximum absolute atomic E-state index is 12.9. The number of hydrogen-bond donors (Lipinski definition) is 2. The largest absolute Gasteiger partial charge is 0.480 e. The number of carboxylic acids is 1. The SMILES string of the molecule is CC(C)C[C@H](NC(=O)c1ccc2c(c1)nc(Cc1cccs1)n2C1CCCCC1C)C(=O)O. The van der Waals surface area contributed by atoms with E-state index in [1.807, 2.05) is 19.9 Å². The van der Waals surface area contributed by atoms with Crippen LogP contribution in [0.3, 0.4) is 0 Å². The van der Waals surface area contributed by atoms with Crippen LogP contribution in [0.5, 0.6) is 0 Å². The molecule has 2 N–H and O–H groups in total. The van der Waals surface area contributed by atoms with Crippen LogP contribution in [0.15, 0.2) is 35.7 Å². The number of benzene rings is 1. The van der Waals surface area contributed by atoms with E-state index in [0.29, 0.717) is 23.9 Å². The summed E-state index contributed by atoms with van der Waals surface area (Å²) in [7, 11) is 0. The number of carboxylic acid groups (broad SMARTS) is 1. The van der Waals surface area contributed by atoms with E-state index in [-0.39, 0.29) is 11.8 Å². The molecule has 3 aromatic rings. The smallest absolute Gasteiger partial charge is 0.326 e. The summed E-state index contributed by atoms with van der Waals surface area (Å²) in [6.45, 7) is 6.22. The molecule has 7 heteroatoms. The summed E-state index contributed by atoms with van der Waals surface area (Å²) in [6, 6.07) is 9.29. The molecule has 2 heterocycles. The number of imidazole rings is 1. The first-order chi connectivity index (χ1) is 15.8. The first-order valence-corrected chi connectivity index (χ1v) is 12.8. The van der Waals surface area contributed by atoms with Crippen molar-refractivity contribution in [2.45, 2.75) is 71.4 Å². The molecule has 6 nitrogen and oxygen atoms in total. The second-order valence-corrected chi connectivity index (χ2v) is 10.7. The molecule has 1 saturated carbocycles. The fourth-order valence-electron chi connectivity index (χ4n) is 4.97. The minimum Gasteiger partial charge on any atom is -0.480 e. The molecule has 4 rings (SSSR count). The molecule has 0 spiro atoms. The maximum atomic E-state index is 12.9. The van der Waals surface area contributed by atoms with Crippen LogP contribution in [-0.4, -0.2) is 32.6 Å². The minimum atomic E-state index is -1.01. The lowest BCUT2D eigenvalue weighted by molar-refractivity contribution is -0.139. The highest BCUT2D eigenvalue weighted by molar-refractivity contribution is 7.09. The van der Waals surface area contributed by atoms with Crippen LogP contribution < -0.4 is 5.32 Å². The Kier molecular flexibility index (Phi) is 7.17. The average molecular weight is 468 g/mol. The zero-order valence-corrected chi connectivity index (χ0v) is 20.4. The van der Waals surface area contributed by atoms with Crippen molar-refractivity contribution in [1.82, 2.24) is 14.9 Å². The number of nitrogens with one attached hydrogen (secondary N) is 1. The third kappa shape index (κ3) is 5.29. The van der Waals surface area contributed by atoms with Gasteiger partial charge in [-0.3, -0.25) is 4.79 Å². The molecule has 176 valence electrons. The van der Waals surface area contributed by atoms with Crippen molar-refractivity contribution < 1.29 is 14.7 Å². The van der Waals surface area contributed by atoms with Gasteiger partial charge in [0, 0.05) is 22.9 Å². The van der Waals surface area contributed by atoms with Crippen molar-refractivity contribution in [3.05, 3.63) is 52.0 Å². The molecule has 0 radical (unpaired) electrons. The van der Waals surface area contributed by atoms with Gasteiger partial charge in [-0.2, -0.15) is 0 Å². The molecule has 1 fully saturated rings. The number of hydrogen-bond acceptors (Lipinski definition) is 4. The fraction of sp³-hybridized carbons (Fsp3) is 0.500. The van der Waals surface area contributed by atoms with Gasteiger partial charge in [-0.05, 0) is 60.7 Å². The molecule has 1 aromatic carbocycles. The lowest BCUT2D eigenvalue weighted by atomic mass is 9.85. The summed E-state index contributed by atoms with van der Waals surface area (Å²) < 4.78 is 2.40. The van der Waals surface area contributed by atoms with Gasteiger partial charge in [0.15, 0.2) is 0 Å². The lowest BCUT2D eigenvalue weighted by Gasteiger charge is -2.31. The Morgan fingerprint density at radius 1 is 1.24 bits per heavy atom. The quantitative estimate of drug-likeness (QED) is 0.447. The zero-order chi connectivity index (χ0) is 23.5. The Bertz CT molecular complexity index is 1120. The fourth-order valence-corrected chi connectivity index (χ4v) is 5.67. The van der Waals surface area contributed by atoms with E-state index >= 15 is 0 Å². The topological polar surface area (TPSA) is 84.2 Å². The number of aliphatic carboxylic acids is 1. The molecular weight excluding hydrogens is 434 g/mol. The van der Waals surface area contributed by atoms with Gasteiger partial charge in [-0.25, -0.2) is 9.78 Å². The number of amides is 1. The van der Waals surface area contributed by atoms with Gasteiger partial charge in [0.25, 0.3) is 5.91 Å². The van der Waals surface area contributed by atoms with Gasteiger partial charge < -0.3 is 15.0 Å². The Morgan fingerprint density at radius 2 is 2.03 bits per heavy atom. The molecule has 3 atom stereocenters. The first kappa shape index (κ1) is 23.5. The van der Waals surface area contributed by atoms with E-state index in [1.165, 1.54) is 24.1 Å². The predicted octanol–water partition coefficient (Wildman–Crippen LogP) is 5.67. The van der Waals surface area contributed by atoms with E-state index in [2.05, 4.69) is 34.3 Å². The van der Waals surface area contributed by atoms with Crippen molar-refractivity contribution in [2.75, 3.05) is 0 Å². The summed E-state index contributed by atoms with van der Waals surface area (Å²) >= 11 is 1.73. The number of aromatic nitrogens is 2. The Balaban J connectivity index is 1.68. The maximum Gasteiger partial charge on any atom is 0.326 e. The highest BCUT2D eigenvalue weighted by Gasteiger charge is 2.28. The third-order valence-electron chi connectivity index (χ3n) is 6.65. The van der Waals surface area contributed by atoms with Crippen molar-refractivity contribution >= 4 is 34.2 Å². The summed E-state index contributed by atoms with van der Waals surface area (Å²) in [5.74, 6) is 0.402. The highest BCUT2D eigenvalue weighted by atomic mass is 32.1. The average Bonchev–Trinajstić information content (AvgIpc) is 3.40. The second-order valence-electron chi connectivity index (χ2n) is 9.68. The molecular formula is C26H33N3O3S. The van der Waals surface area contributed by atoms with E-state index in [1.54, 1.807) is 23.5 Å². The molecule has 2 unspecified atom stereocenters. The first-order valence-electron chi connectivity index (χ1n) is 11.9. The Morgan fingerprint density at radius 3 is 2.70 bits per heavy atom. The molecule has 1 aliphatic carbocycles. The second kappa shape index (κ2) is 10.1. The summed E-state index contributed by atoms with van der Waals surface area (Å²) in [5, 5.41) is 14.3. The normalized spacial score (nSPS) is 19.6. The van der Waals surface area contributed by atoms with E-state index in [4.69, 9.17) is 4.98 Å². The highest BCUT2D eigenvalue weighted by Crippen LogP contribution is 2.37.